The lowest BCUT2D eigenvalue weighted by Crippen LogP contribution is -2.06. The predicted octanol–water partition coefficient (Wildman–Crippen LogP) is 2.13. The van der Waals surface area contributed by atoms with Crippen LogP contribution in [0.4, 0.5) is 0 Å². The Morgan fingerprint density at radius 3 is 2.60 bits per heavy atom. The van der Waals surface area contributed by atoms with Gasteiger partial charge in [-0.3, -0.25) is 4.79 Å². The zero-order valence-corrected chi connectivity index (χ0v) is 12.6. The minimum Gasteiger partial charge on any atom is -0.469 e. The molecule has 106 valence electrons. The Bertz CT molecular complexity index is 610. The van der Waals surface area contributed by atoms with Gasteiger partial charge in [0.25, 0.3) is 0 Å². The highest BCUT2D eigenvalue weighted by Crippen LogP contribution is 2.23. The molecule has 1 aromatic carbocycles. The summed E-state index contributed by atoms with van der Waals surface area (Å²) >= 11 is 1.61. The summed E-state index contributed by atoms with van der Waals surface area (Å²) in [6.45, 7) is 1.92. The Kier molecular flexibility index (Phi) is 4.79. The summed E-state index contributed by atoms with van der Waals surface area (Å²) in [4.78, 5) is 11.4. The van der Waals surface area contributed by atoms with Crippen molar-refractivity contribution in [3.63, 3.8) is 0 Å². The number of carbonyl (C=O) groups excluding carboxylic acids is 1. The summed E-state index contributed by atoms with van der Waals surface area (Å²) < 4.78 is 6.67. The monoisotopic (exact) mass is 291 g/mol. The first-order valence-corrected chi connectivity index (χ1v) is 7.22. The zero-order valence-electron chi connectivity index (χ0n) is 11.8. The van der Waals surface area contributed by atoms with Crippen molar-refractivity contribution in [2.75, 3.05) is 7.11 Å². The lowest BCUT2D eigenvalue weighted by Gasteiger charge is -2.08. The van der Waals surface area contributed by atoms with Gasteiger partial charge in [0.1, 0.15) is 5.82 Å². The summed E-state index contributed by atoms with van der Waals surface area (Å²) in [7, 11) is 3.35. The molecule has 2 aromatic rings. The minimum absolute atomic E-state index is 0.225. The molecule has 1 heterocycles. The lowest BCUT2D eigenvalue weighted by atomic mass is 10.1. The molecule has 0 radical (unpaired) electrons. The first-order valence-electron chi connectivity index (χ1n) is 6.24. The van der Waals surface area contributed by atoms with Gasteiger partial charge in [-0.2, -0.15) is 0 Å². The summed E-state index contributed by atoms with van der Waals surface area (Å²) in [5.74, 6) is 1.41. The lowest BCUT2D eigenvalue weighted by molar-refractivity contribution is -0.139. The smallest absolute Gasteiger partial charge is 0.309 e. The molecule has 0 spiro atoms. The molecule has 0 aliphatic heterocycles. The Labute approximate surface area is 122 Å². The highest BCUT2D eigenvalue weighted by Gasteiger charge is 2.10. The van der Waals surface area contributed by atoms with Crippen LogP contribution in [0.15, 0.2) is 29.4 Å². The van der Waals surface area contributed by atoms with Crippen LogP contribution in [-0.4, -0.2) is 27.8 Å². The highest BCUT2D eigenvalue weighted by atomic mass is 32.2. The van der Waals surface area contributed by atoms with Crippen LogP contribution >= 0.6 is 11.8 Å². The van der Waals surface area contributed by atoms with E-state index in [0.29, 0.717) is 6.42 Å². The third kappa shape index (κ3) is 3.39. The van der Waals surface area contributed by atoms with E-state index >= 15 is 0 Å². The molecule has 20 heavy (non-hydrogen) atoms. The van der Waals surface area contributed by atoms with E-state index in [1.807, 2.05) is 42.8 Å². The van der Waals surface area contributed by atoms with Crippen molar-refractivity contribution in [1.82, 2.24) is 14.8 Å². The van der Waals surface area contributed by atoms with Gasteiger partial charge in [0.2, 0.25) is 0 Å². The van der Waals surface area contributed by atoms with Gasteiger partial charge >= 0.3 is 5.97 Å². The molecule has 0 bridgehead atoms. The van der Waals surface area contributed by atoms with Gasteiger partial charge in [0, 0.05) is 12.8 Å². The van der Waals surface area contributed by atoms with E-state index in [0.717, 1.165) is 27.9 Å². The number of ether oxygens (including phenoxy) is 1. The SMILES string of the molecule is COC(=O)Cc1ccccc1CSc1nnc(C)n1C. The Morgan fingerprint density at radius 1 is 1.30 bits per heavy atom. The van der Waals surface area contributed by atoms with Crippen molar-refractivity contribution >= 4 is 17.7 Å². The van der Waals surface area contributed by atoms with Gasteiger partial charge in [-0.1, -0.05) is 36.0 Å². The summed E-state index contributed by atoms with van der Waals surface area (Å²) in [6.07, 6.45) is 0.297. The van der Waals surface area contributed by atoms with Crippen molar-refractivity contribution in [1.29, 1.82) is 0 Å². The van der Waals surface area contributed by atoms with Gasteiger partial charge in [0.05, 0.1) is 13.5 Å². The molecule has 2 rings (SSSR count). The summed E-state index contributed by atoms with van der Waals surface area (Å²) in [6, 6.07) is 7.88. The minimum atomic E-state index is -0.225. The number of rotatable bonds is 5. The molecular weight excluding hydrogens is 274 g/mol. The van der Waals surface area contributed by atoms with Crippen LogP contribution in [0, 0.1) is 6.92 Å². The van der Waals surface area contributed by atoms with Crippen LogP contribution in [0.25, 0.3) is 0 Å². The van der Waals surface area contributed by atoms with Crippen LogP contribution in [-0.2, 0) is 28.8 Å². The Balaban J connectivity index is 2.09. The summed E-state index contributed by atoms with van der Waals surface area (Å²) in [5.41, 5.74) is 2.11. The van der Waals surface area contributed by atoms with Crippen LogP contribution in [0.1, 0.15) is 17.0 Å². The Morgan fingerprint density at radius 2 is 2.00 bits per heavy atom. The first-order chi connectivity index (χ1) is 9.61. The number of aryl methyl sites for hydroxylation is 1. The van der Waals surface area contributed by atoms with Crippen LogP contribution < -0.4 is 0 Å². The molecule has 6 heteroatoms. The van der Waals surface area contributed by atoms with Crippen molar-refractivity contribution < 1.29 is 9.53 Å². The molecule has 0 saturated carbocycles. The van der Waals surface area contributed by atoms with Crippen LogP contribution in [0.5, 0.6) is 0 Å². The van der Waals surface area contributed by atoms with Crippen molar-refractivity contribution in [3.8, 4) is 0 Å². The highest BCUT2D eigenvalue weighted by molar-refractivity contribution is 7.98. The second-order valence-electron chi connectivity index (χ2n) is 4.40. The molecule has 0 fully saturated rings. The molecular formula is C14H17N3O2S. The fraction of sp³-hybridized carbons (Fsp3) is 0.357. The fourth-order valence-corrected chi connectivity index (χ4v) is 2.74. The maximum absolute atomic E-state index is 11.4. The molecule has 1 aromatic heterocycles. The molecule has 5 nitrogen and oxygen atoms in total. The average molecular weight is 291 g/mol. The molecule has 0 amide bonds. The van der Waals surface area contributed by atoms with E-state index in [9.17, 15) is 4.79 Å². The van der Waals surface area contributed by atoms with E-state index in [-0.39, 0.29) is 5.97 Å². The predicted molar refractivity (Wildman–Crippen MR) is 77.5 cm³/mol. The van der Waals surface area contributed by atoms with E-state index in [2.05, 4.69) is 10.2 Å². The quantitative estimate of drug-likeness (QED) is 0.624. The van der Waals surface area contributed by atoms with Crippen LogP contribution in [0.2, 0.25) is 0 Å². The summed E-state index contributed by atoms with van der Waals surface area (Å²) in [5, 5.41) is 9.02. The third-order valence-corrected chi connectivity index (χ3v) is 4.16. The maximum Gasteiger partial charge on any atom is 0.309 e. The van der Waals surface area contributed by atoms with Gasteiger partial charge in [-0.05, 0) is 18.1 Å². The molecule has 0 saturated heterocycles. The van der Waals surface area contributed by atoms with Gasteiger partial charge in [-0.25, -0.2) is 0 Å². The van der Waals surface area contributed by atoms with Gasteiger partial charge in [0.15, 0.2) is 5.16 Å². The standard InChI is InChI=1S/C14H17N3O2S/c1-10-15-16-14(17(10)2)20-9-12-7-5-4-6-11(12)8-13(18)19-3/h4-7H,8-9H2,1-3H3. The van der Waals surface area contributed by atoms with Crippen molar-refractivity contribution in [2.24, 2.45) is 7.05 Å². The number of esters is 1. The fourth-order valence-electron chi connectivity index (χ4n) is 1.75. The number of methoxy groups -OCH3 is 1. The third-order valence-electron chi connectivity index (χ3n) is 3.09. The van der Waals surface area contributed by atoms with Gasteiger partial charge < -0.3 is 9.30 Å². The molecule has 0 atom stereocenters. The second-order valence-corrected chi connectivity index (χ2v) is 5.34. The number of hydrogen-bond acceptors (Lipinski definition) is 5. The number of carbonyl (C=O) groups is 1. The normalized spacial score (nSPS) is 10.6. The van der Waals surface area contributed by atoms with Gasteiger partial charge in [-0.15, -0.1) is 10.2 Å². The number of hydrogen-bond donors (Lipinski definition) is 0. The van der Waals surface area contributed by atoms with Crippen LogP contribution in [0.3, 0.4) is 0 Å². The number of aromatic nitrogens is 3. The molecule has 0 aliphatic carbocycles. The zero-order chi connectivity index (χ0) is 14.5. The number of benzene rings is 1. The van der Waals surface area contributed by atoms with Crippen molar-refractivity contribution in [2.45, 2.75) is 24.3 Å². The average Bonchev–Trinajstić information content (AvgIpc) is 2.78. The van der Waals surface area contributed by atoms with Crippen molar-refractivity contribution in [3.05, 3.63) is 41.2 Å². The molecule has 0 N–H and O–H groups in total. The number of thioether (sulfide) groups is 1. The topological polar surface area (TPSA) is 57.0 Å². The second kappa shape index (κ2) is 6.56. The molecule has 0 aliphatic rings. The maximum atomic E-state index is 11.4. The molecule has 0 unspecified atom stereocenters. The Hall–Kier alpha value is -1.82. The van der Waals surface area contributed by atoms with E-state index in [1.54, 1.807) is 11.8 Å². The van der Waals surface area contributed by atoms with E-state index in [4.69, 9.17) is 4.74 Å². The number of nitrogens with zero attached hydrogens (tertiary/aromatic N) is 3. The first kappa shape index (κ1) is 14.6. The largest absolute Gasteiger partial charge is 0.469 e. The van der Waals surface area contributed by atoms with E-state index < -0.39 is 0 Å². The van der Waals surface area contributed by atoms with E-state index in [1.165, 1.54) is 7.11 Å².